The average molecular weight is 296 g/mol. The van der Waals surface area contributed by atoms with Gasteiger partial charge in [0.05, 0.1) is 12.8 Å². The van der Waals surface area contributed by atoms with E-state index in [1.165, 1.54) is 0 Å². The van der Waals surface area contributed by atoms with E-state index < -0.39 is 0 Å². The van der Waals surface area contributed by atoms with Crippen LogP contribution in [0.3, 0.4) is 0 Å². The van der Waals surface area contributed by atoms with Gasteiger partial charge in [0, 0.05) is 5.56 Å². The van der Waals surface area contributed by atoms with Crippen LogP contribution in [0.5, 0.6) is 5.75 Å². The fraction of sp³-hybridized carbons (Fsp3) is 0.222. The van der Waals surface area contributed by atoms with Crippen molar-refractivity contribution in [1.82, 2.24) is 5.43 Å². The number of nitrogens with one attached hydrogen (secondary N) is 1. The summed E-state index contributed by atoms with van der Waals surface area (Å²) in [7, 11) is 0. The Hall–Kier alpha value is -2.62. The molecule has 22 heavy (non-hydrogen) atoms. The lowest BCUT2D eigenvalue weighted by Gasteiger charge is -2.04. The predicted octanol–water partition coefficient (Wildman–Crippen LogP) is 3.63. The molecule has 4 heteroatoms. The van der Waals surface area contributed by atoms with Gasteiger partial charge < -0.3 is 4.74 Å². The SMILES string of the molecule is CCCCOc1ccc(C=NNC(=O)c2ccccc2)cc1. The van der Waals surface area contributed by atoms with Crippen molar-refractivity contribution in [2.24, 2.45) is 5.10 Å². The molecule has 4 nitrogen and oxygen atoms in total. The van der Waals surface area contributed by atoms with Crippen molar-refractivity contribution in [3.8, 4) is 5.75 Å². The number of ether oxygens (including phenoxy) is 1. The van der Waals surface area contributed by atoms with Crippen molar-refractivity contribution in [3.63, 3.8) is 0 Å². The molecule has 2 rings (SSSR count). The van der Waals surface area contributed by atoms with Crippen LogP contribution in [-0.4, -0.2) is 18.7 Å². The van der Waals surface area contributed by atoms with Gasteiger partial charge in [-0.15, -0.1) is 0 Å². The number of rotatable bonds is 7. The van der Waals surface area contributed by atoms with E-state index in [1.54, 1.807) is 18.3 Å². The summed E-state index contributed by atoms with van der Waals surface area (Å²) in [4.78, 5) is 11.8. The third kappa shape index (κ3) is 5.05. The van der Waals surface area contributed by atoms with Gasteiger partial charge in [-0.05, 0) is 48.4 Å². The zero-order valence-corrected chi connectivity index (χ0v) is 12.7. The van der Waals surface area contributed by atoms with Crippen molar-refractivity contribution in [2.45, 2.75) is 19.8 Å². The summed E-state index contributed by atoms with van der Waals surface area (Å²) in [6, 6.07) is 16.6. The fourth-order valence-electron chi connectivity index (χ4n) is 1.80. The Bertz CT molecular complexity index is 607. The van der Waals surface area contributed by atoms with Crippen LogP contribution < -0.4 is 10.2 Å². The van der Waals surface area contributed by atoms with Crippen molar-refractivity contribution < 1.29 is 9.53 Å². The first-order valence-corrected chi connectivity index (χ1v) is 7.41. The number of amides is 1. The maximum absolute atomic E-state index is 11.8. The predicted molar refractivity (Wildman–Crippen MR) is 88.3 cm³/mol. The minimum absolute atomic E-state index is 0.226. The highest BCUT2D eigenvalue weighted by Crippen LogP contribution is 2.11. The van der Waals surface area contributed by atoms with Gasteiger partial charge in [-0.2, -0.15) is 5.10 Å². The number of hydrazone groups is 1. The molecule has 1 N–H and O–H groups in total. The Morgan fingerprint density at radius 2 is 1.86 bits per heavy atom. The van der Waals surface area contributed by atoms with Crippen molar-refractivity contribution in [3.05, 3.63) is 65.7 Å². The lowest BCUT2D eigenvalue weighted by molar-refractivity contribution is 0.0955. The van der Waals surface area contributed by atoms with Crippen LogP contribution in [0.2, 0.25) is 0 Å². The summed E-state index contributed by atoms with van der Waals surface area (Å²) in [6.45, 7) is 2.86. The van der Waals surface area contributed by atoms with E-state index in [4.69, 9.17) is 4.74 Å². The third-order valence-electron chi connectivity index (χ3n) is 3.06. The molecule has 0 saturated heterocycles. The van der Waals surface area contributed by atoms with Gasteiger partial charge >= 0.3 is 0 Å². The molecule has 0 fully saturated rings. The van der Waals surface area contributed by atoms with Crippen molar-refractivity contribution >= 4 is 12.1 Å². The minimum atomic E-state index is -0.226. The normalized spacial score (nSPS) is 10.6. The number of hydrogen-bond acceptors (Lipinski definition) is 3. The van der Waals surface area contributed by atoms with Crippen LogP contribution in [0.25, 0.3) is 0 Å². The molecular formula is C18H20N2O2. The van der Waals surface area contributed by atoms with E-state index in [9.17, 15) is 4.79 Å². The molecule has 0 aliphatic carbocycles. The smallest absolute Gasteiger partial charge is 0.271 e. The standard InChI is InChI=1S/C18H20N2O2/c1-2-3-13-22-17-11-9-15(10-12-17)14-19-20-18(21)16-7-5-4-6-8-16/h4-12,14H,2-3,13H2,1H3,(H,20,21). The molecule has 2 aromatic carbocycles. The summed E-state index contributed by atoms with van der Waals surface area (Å²) >= 11 is 0. The Kier molecular flexibility index (Phi) is 6.18. The van der Waals surface area contributed by atoms with Gasteiger partial charge in [0.2, 0.25) is 0 Å². The summed E-state index contributed by atoms with van der Waals surface area (Å²) in [5.74, 6) is 0.621. The van der Waals surface area contributed by atoms with Crippen LogP contribution >= 0.6 is 0 Å². The lowest BCUT2D eigenvalue weighted by atomic mass is 10.2. The zero-order chi connectivity index (χ0) is 15.6. The molecule has 0 aromatic heterocycles. The van der Waals surface area contributed by atoms with Crippen LogP contribution in [0.1, 0.15) is 35.7 Å². The fourth-order valence-corrected chi connectivity index (χ4v) is 1.80. The summed E-state index contributed by atoms with van der Waals surface area (Å²) in [5.41, 5.74) is 3.99. The van der Waals surface area contributed by atoms with Crippen LogP contribution in [0.15, 0.2) is 59.7 Å². The zero-order valence-electron chi connectivity index (χ0n) is 12.7. The number of hydrogen-bond donors (Lipinski definition) is 1. The van der Waals surface area contributed by atoms with Gasteiger partial charge in [0.1, 0.15) is 5.75 Å². The summed E-state index contributed by atoms with van der Waals surface area (Å²) < 4.78 is 5.59. The highest BCUT2D eigenvalue weighted by molar-refractivity contribution is 5.94. The first-order chi connectivity index (χ1) is 10.8. The summed E-state index contributed by atoms with van der Waals surface area (Å²) in [6.07, 6.45) is 3.78. The van der Waals surface area contributed by atoms with Gasteiger partial charge in [-0.3, -0.25) is 4.79 Å². The van der Waals surface area contributed by atoms with Gasteiger partial charge in [-0.1, -0.05) is 31.5 Å². The highest BCUT2D eigenvalue weighted by Gasteiger charge is 2.01. The highest BCUT2D eigenvalue weighted by atomic mass is 16.5. The molecule has 0 saturated carbocycles. The Labute approximate surface area is 130 Å². The molecular weight excluding hydrogens is 276 g/mol. The van der Waals surface area contributed by atoms with Gasteiger partial charge in [0.15, 0.2) is 0 Å². The van der Waals surface area contributed by atoms with E-state index in [0.29, 0.717) is 5.56 Å². The van der Waals surface area contributed by atoms with E-state index >= 15 is 0 Å². The molecule has 0 unspecified atom stereocenters. The third-order valence-corrected chi connectivity index (χ3v) is 3.06. The number of unbranched alkanes of at least 4 members (excludes halogenated alkanes) is 1. The number of carbonyl (C=O) groups excluding carboxylic acids is 1. The van der Waals surface area contributed by atoms with E-state index in [2.05, 4.69) is 17.5 Å². The average Bonchev–Trinajstić information content (AvgIpc) is 2.57. The largest absolute Gasteiger partial charge is 0.494 e. The second-order valence-electron chi connectivity index (χ2n) is 4.84. The van der Waals surface area contributed by atoms with E-state index in [-0.39, 0.29) is 5.91 Å². The van der Waals surface area contributed by atoms with Crippen LogP contribution in [-0.2, 0) is 0 Å². The monoisotopic (exact) mass is 296 g/mol. The molecule has 2 aromatic rings. The molecule has 0 radical (unpaired) electrons. The number of nitrogens with zero attached hydrogens (tertiary/aromatic N) is 1. The molecule has 0 bridgehead atoms. The molecule has 114 valence electrons. The second kappa shape index (κ2) is 8.62. The van der Waals surface area contributed by atoms with Gasteiger partial charge in [0.25, 0.3) is 5.91 Å². The molecule has 0 aliphatic heterocycles. The first kappa shape index (κ1) is 15.8. The maximum atomic E-state index is 11.8. The first-order valence-electron chi connectivity index (χ1n) is 7.41. The molecule has 0 atom stereocenters. The second-order valence-corrected chi connectivity index (χ2v) is 4.84. The Morgan fingerprint density at radius 3 is 2.55 bits per heavy atom. The number of benzene rings is 2. The Balaban J connectivity index is 1.84. The van der Waals surface area contributed by atoms with Crippen LogP contribution in [0.4, 0.5) is 0 Å². The topological polar surface area (TPSA) is 50.7 Å². The molecule has 1 amide bonds. The number of carbonyl (C=O) groups is 1. The molecule has 0 heterocycles. The molecule has 0 aliphatic rings. The molecule has 0 spiro atoms. The van der Waals surface area contributed by atoms with E-state index in [1.807, 2.05) is 42.5 Å². The van der Waals surface area contributed by atoms with Crippen molar-refractivity contribution in [2.75, 3.05) is 6.61 Å². The lowest BCUT2D eigenvalue weighted by Crippen LogP contribution is -2.17. The van der Waals surface area contributed by atoms with Crippen LogP contribution in [0, 0.1) is 0 Å². The maximum Gasteiger partial charge on any atom is 0.271 e. The van der Waals surface area contributed by atoms with Gasteiger partial charge in [-0.25, -0.2) is 5.43 Å². The quantitative estimate of drug-likeness (QED) is 0.482. The van der Waals surface area contributed by atoms with Crippen molar-refractivity contribution in [1.29, 1.82) is 0 Å². The Morgan fingerprint density at radius 1 is 1.14 bits per heavy atom. The summed E-state index contributed by atoms with van der Waals surface area (Å²) in [5, 5.41) is 3.96. The minimum Gasteiger partial charge on any atom is -0.494 e. The van der Waals surface area contributed by atoms with E-state index in [0.717, 1.165) is 30.8 Å².